The Hall–Kier alpha value is -1.91. The van der Waals surface area contributed by atoms with Gasteiger partial charge in [-0.3, -0.25) is 9.78 Å². The van der Waals surface area contributed by atoms with Gasteiger partial charge in [0.2, 0.25) is 5.91 Å². The van der Waals surface area contributed by atoms with Crippen molar-refractivity contribution in [3.63, 3.8) is 0 Å². The molecule has 1 aromatic carbocycles. The highest BCUT2D eigenvalue weighted by Gasteiger charge is 2.15. The van der Waals surface area contributed by atoms with Gasteiger partial charge in [-0.1, -0.05) is 29.8 Å². The van der Waals surface area contributed by atoms with Gasteiger partial charge in [-0.05, 0) is 36.6 Å². The maximum atomic E-state index is 12.1. The number of hydrogen-bond donors (Lipinski definition) is 2. The number of pyridine rings is 1. The molecule has 0 saturated carbocycles. The van der Waals surface area contributed by atoms with Gasteiger partial charge in [0.25, 0.3) is 0 Å². The molecule has 2 rings (SSSR count). The quantitative estimate of drug-likeness (QED) is 0.911. The maximum Gasteiger partial charge on any atom is 0.241 e. The Morgan fingerprint density at radius 3 is 2.52 bits per heavy atom. The molecule has 1 heterocycles. The van der Waals surface area contributed by atoms with Crippen LogP contribution in [0.4, 0.5) is 0 Å². The number of hydrogen-bond acceptors (Lipinski definition) is 3. The van der Waals surface area contributed by atoms with E-state index in [9.17, 15) is 4.79 Å². The summed E-state index contributed by atoms with van der Waals surface area (Å²) in [6.45, 7) is 4.43. The highest BCUT2D eigenvalue weighted by molar-refractivity contribution is 5.85. The first-order chi connectivity index (χ1) is 9.58. The topological polar surface area (TPSA) is 68.0 Å². The van der Waals surface area contributed by atoms with E-state index in [-0.39, 0.29) is 18.3 Å². The lowest BCUT2D eigenvalue weighted by Crippen LogP contribution is -2.33. The van der Waals surface area contributed by atoms with E-state index in [0.717, 1.165) is 22.3 Å². The van der Waals surface area contributed by atoms with Crippen LogP contribution in [0.5, 0.6) is 0 Å². The summed E-state index contributed by atoms with van der Waals surface area (Å²) in [5.41, 5.74) is 10.0. The van der Waals surface area contributed by atoms with Gasteiger partial charge in [0.1, 0.15) is 6.04 Å². The normalized spacial score (nSPS) is 11.4. The molecule has 0 fully saturated rings. The monoisotopic (exact) mass is 305 g/mol. The number of carbonyl (C=O) groups excluding carboxylic acids is 1. The molecule has 1 unspecified atom stereocenters. The molecule has 4 nitrogen and oxygen atoms in total. The standard InChI is InChI=1S/C16H19N3O.ClH/c1-11-3-5-13(6-4-11)15(17)16(20)19-10-14-7-8-18-9-12(14)2;/h3-9,15H,10,17H2,1-2H3,(H,19,20);1H. The van der Waals surface area contributed by atoms with Crippen LogP contribution in [0.1, 0.15) is 28.3 Å². The summed E-state index contributed by atoms with van der Waals surface area (Å²) < 4.78 is 0. The highest BCUT2D eigenvalue weighted by atomic mass is 35.5. The lowest BCUT2D eigenvalue weighted by atomic mass is 10.1. The molecule has 2 aromatic rings. The Kier molecular flexibility index (Phi) is 6.34. The summed E-state index contributed by atoms with van der Waals surface area (Å²) >= 11 is 0. The number of nitrogens with one attached hydrogen (secondary N) is 1. The summed E-state index contributed by atoms with van der Waals surface area (Å²) in [5, 5.41) is 2.86. The number of halogens is 1. The second-order valence-electron chi connectivity index (χ2n) is 4.91. The van der Waals surface area contributed by atoms with Crippen LogP contribution in [0.15, 0.2) is 42.7 Å². The van der Waals surface area contributed by atoms with E-state index in [1.165, 1.54) is 0 Å². The van der Waals surface area contributed by atoms with Crippen molar-refractivity contribution in [2.24, 2.45) is 5.73 Å². The van der Waals surface area contributed by atoms with Crippen molar-refractivity contribution in [3.05, 3.63) is 65.0 Å². The summed E-state index contributed by atoms with van der Waals surface area (Å²) in [5.74, 6) is -0.176. The van der Waals surface area contributed by atoms with E-state index >= 15 is 0 Å². The maximum absolute atomic E-state index is 12.1. The van der Waals surface area contributed by atoms with Gasteiger partial charge >= 0.3 is 0 Å². The Labute approximate surface area is 131 Å². The number of rotatable bonds is 4. The fraction of sp³-hybridized carbons (Fsp3) is 0.250. The minimum absolute atomic E-state index is 0. The number of nitrogens with zero attached hydrogens (tertiary/aromatic N) is 1. The Morgan fingerprint density at radius 1 is 1.24 bits per heavy atom. The Morgan fingerprint density at radius 2 is 1.90 bits per heavy atom. The average Bonchev–Trinajstić information content (AvgIpc) is 2.46. The molecular weight excluding hydrogens is 286 g/mol. The van der Waals surface area contributed by atoms with E-state index < -0.39 is 6.04 Å². The first-order valence-electron chi connectivity index (χ1n) is 6.57. The van der Waals surface area contributed by atoms with Crippen LogP contribution in [0.25, 0.3) is 0 Å². The molecule has 0 saturated heterocycles. The summed E-state index contributed by atoms with van der Waals surface area (Å²) in [4.78, 5) is 16.1. The molecule has 21 heavy (non-hydrogen) atoms. The van der Waals surface area contributed by atoms with Crippen LogP contribution in [0.2, 0.25) is 0 Å². The molecule has 3 N–H and O–H groups in total. The van der Waals surface area contributed by atoms with Crippen LogP contribution < -0.4 is 11.1 Å². The van der Waals surface area contributed by atoms with E-state index in [1.807, 2.05) is 44.2 Å². The molecule has 0 radical (unpaired) electrons. The first kappa shape index (κ1) is 17.1. The van der Waals surface area contributed by atoms with Gasteiger partial charge < -0.3 is 11.1 Å². The first-order valence-corrected chi connectivity index (χ1v) is 6.57. The van der Waals surface area contributed by atoms with Gasteiger partial charge in [-0.2, -0.15) is 0 Å². The van der Waals surface area contributed by atoms with Gasteiger partial charge in [-0.15, -0.1) is 12.4 Å². The van der Waals surface area contributed by atoms with Crippen LogP contribution in [0, 0.1) is 13.8 Å². The number of benzene rings is 1. The average molecular weight is 306 g/mol. The molecule has 0 aliphatic rings. The van der Waals surface area contributed by atoms with Crippen molar-refractivity contribution in [2.45, 2.75) is 26.4 Å². The minimum Gasteiger partial charge on any atom is -0.350 e. The van der Waals surface area contributed by atoms with Gasteiger partial charge in [0.15, 0.2) is 0 Å². The second-order valence-corrected chi connectivity index (χ2v) is 4.91. The van der Waals surface area contributed by atoms with E-state index in [1.54, 1.807) is 12.4 Å². The van der Waals surface area contributed by atoms with Crippen molar-refractivity contribution in [3.8, 4) is 0 Å². The summed E-state index contributed by atoms with van der Waals surface area (Å²) in [7, 11) is 0. The van der Waals surface area contributed by atoms with Crippen LogP contribution in [0.3, 0.4) is 0 Å². The third-order valence-electron chi connectivity index (χ3n) is 3.31. The van der Waals surface area contributed by atoms with Crippen molar-refractivity contribution in [1.82, 2.24) is 10.3 Å². The lowest BCUT2D eigenvalue weighted by Gasteiger charge is -2.13. The van der Waals surface area contributed by atoms with E-state index in [4.69, 9.17) is 5.73 Å². The predicted molar refractivity (Wildman–Crippen MR) is 86.2 cm³/mol. The van der Waals surface area contributed by atoms with E-state index in [2.05, 4.69) is 10.3 Å². The number of carbonyl (C=O) groups is 1. The molecule has 0 spiro atoms. The molecule has 112 valence electrons. The van der Waals surface area contributed by atoms with Gasteiger partial charge in [0.05, 0.1) is 0 Å². The summed E-state index contributed by atoms with van der Waals surface area (Å²) in [6, 6.07) is 8.93. The zero-order chi connectivity index (χ0) is 14.5. The molecular formula is C16H20ClN3O. The van der Waals surface area contributed by atoms with Crippen molar-refractivity contribution < 1.29 is 4.79 Å². The van der Waals surface area contributed by atoms with Crippen molar-refractivity contribution in [2.75, 3.05) is 0 Å². The lowest BCUT2D eigenvalue weighted by molar-refractivity contribution is -0.122. The minimum atomic E-state index is -0.641. The number of aryl methyl sites for hydroxylation is 2. The van der Waals surface area contributed by atoms with Crippen LogP contribution in [-0.2, 0) is 11.3 Å². The zero-order valence-electron chi connectivity index (χ0n) is 12.2. The fourth-order valence-electron chi connectivity index (χ4n) is 1.92. The molecule has 1 aromatic heterocycles. The fourth-order valence-corrected chi connectivity index (χ4v) is 1.92. The SMILES string of the molecule is Cc1ccc(C(N)C(=O)NCc2ccncc2C)cc1.Cl. The number of aromatic nitrogens is 1. The Balaban J connectivity index is 0.00000220. The van der Waals surface area contributed by atoms with Crippen molar-refractivity contribution >= 4 is 18.3 Å². The predicted octanol–water partition coefficient (Wildman–Crippen LogP) is 2.44. The zero-order valence-corrected chi connectivity index (χ0v) is 13.0. The number of nitrogens with two attached hydrogens (primary N) is 1. The molecule has 0 aliphatic heterocycles. The third kappa shape index (κ3) is 4.55. The molecule has 5 heteroatoms. The molecule has 0 aliphatic carbocycles. The molecule has 1 atom stereocenters. The summed E-state index contributed by atoms with van der Waals surface area (Å²) in [6.07, 6.45) is 3.50. The van der Waals surface area contributed by atoms with Gasteiger partial charge in [0, 0.05) is 18.9 Å². The van der Waals surface area contributed by atoms with Crippen LogP contribution in [-0.4, -0.2) is 10.9 Å². The van der Waals surface area contributed by atoms with E-state index in [0.29, 0.717) is 6.54 Å². The molecule has 1 amide bonds. The number of amides is 1. The largest absolute Gasteiger partial charge is 0.350 e. The smallest absolute Gasteiger partial charge is 0.241 e. The molecule has 0 bridgehead atoms. The third-order valence-corrected chi connectivity index (χ3v) is 3.31. The van der Waals surface area contributed by atoms with Gasteiger partial charge in [-0.25, -0.2) is 0 Å². The Bertz CT molecular complexity index is 599. The van der Waals surface area contributed by atoms with Crippen LogP contribution >= 0.6 is 12.4 Å². The van der Waals surface area contributed by atoms with Crippen molar-refractivity contribution in [1.29, 1.82) is 0 Å². The highest BCUT2D eigenvalue weighted by Crippen LogP contribution is 2.12. The second kappa shape index (κ2) is 7.76.